The molecule has 0 saturated carbocycles. The van der Waals surface area contributed by atoms with E-state index in [2.05, 4.69) is 11.9 Å². The SMILES string of the molecule is C=C(/C=C\C(=C(C)C)N1C(=O)c2c(C)cccc2C1NC(C)(C)CSC)C(F)(C(F)(F)F)C(F)(F)F. The minimum absolute atomic E-state index is 0.0286. The van der Waals surface area contributed by atoms with Crippen LogP contribution < -0.4 is 5.32 Å². The van der Waals surface area contributed by atoms with Gasteiger partial charge in [0.05, 0.1) is 0 Å². The first kappa shape index (κ1) is 30.0. The van der Waals surface area contributed by atoms with Crippen molar-refractivity contribution in [3.8, 4) is 0 Å². The van der Waals surface area contributed by atoms with Crippen LogP contribution in [0, 0.1) is 6.92 Å². The van der Waals surface area contributed by atoms with Crippen LogP contribution in [-0.4, -0.2) is 46.4 Å². The summed E-state index contributed by atoms with van der Waals surface area (Å²) in [5.41, 5.74) is -5.89. The van der Waals surface area contributed by atoms with E-state index in [1.54, 1.807) is 50.7 Å². The third-order valence-corrected chi connectivity index (χ3v) is 6.77. The summed E-state index contributed by atoms with van der Waals surface area (Å²) in [5.74, 6) is 0.163. The van der Waals surface area contributed by atoms with Gasteiger partial charge in [-0.1, -0.05) is 36.4 Å². The van der Waals surface area contributed by atoms with E-state index in [4.69, 9.17) is 0 Å². The smallest absolute Gasteiger partial charge is 0.288 e. The molecule has 0 aromatic heterocycles. The number of nitrogens with one attached hydrogen (secondary N) is 1. The van der Waals surface area contributed by atoms with Crippen LogP contribution in [0.25, 0.3) is 0 Å². The number of nitrogens with zero attached hydrogens (tertiary/aromatic N) is 1. The summed E-state index contributed by atoms with van der Waals surface area (Å²) >= 11 is 1.56. The molecule has 3 nitrogen and oxygen atoms in total. The summed E-state index contributed by atoms with van der Waals surface area (Å²) in [4.78, 5) is 14.8. The highest BCUT2D eigenvalue weighted by Crippen LogP contribution is 2.50. The number of halogens is 7. The maximum absolute atomic E-state index is 14.4. The molecule has 1 aliphatic heterocycles. The van der Waals surface area contributed by atoms with Gasteiger partial charge in [-0.05, 0) is 52.5 Å². The van der Waals surface area contributed by atoms with E-state index in [1.165, 1.54) is 4.90 Å². The van der Waals surface area contributed by atoms with Crippen molar-refractivity contribution in [2.45, 2.75) is 64.3 Å². The van der Waals surface area contributed by atoms with Gasteiger partial charge in [0.25, 0.3) is 5.91 Å². The number of allylic oxidation sites excluding steroid dienone is 4. The Morgan fingerprint density at radius 2 is 1.64 bits per heavy atom. The molecule has 1 aliphatic rings. The number of rotatable bonds is 8. The van der Waals surface area contributed by atoms with Gasteiger partial charge >= 0.3 is 18.0 Å². The molecule has 11 heteroatoms. The zero-order valence-corrected chi connectivity index (χ0v) is 21.6. The van der Waals surface area contributed by atoms with Gasteiger partial charge in [-0.15, -0.1) is 0 Å². The van der Waals surface area contributed by atoms with Gasteiger partial charge in [0.2, 0.25) is 0 Å². The topological polar surface area (TPSA) is 32.3 Å². The van der Waals surface area contributed by atoms with Crippen molar-refractivity contribution < 1.29 is 35.5 Å². The molecule has 1 amide bonds. The van der Waals surface area contributed by atoms with Crippen LogP contribution in [0.1, 0.15) is 55.3 Å². The number of carbonyl (C=O) groups excluding carboxylic acids is 1. The average molecular weight is 539 g/mol. The number of hydrogen-bond acceptors (Lipinski definition) is 3. The number of carbonyl (C=O) groups is 1. The van der Waals surface area contributed by atoms with Gasteiger partial charge in [0.1, 0.15) is 6.17 Å². The van der Waals surface area contributed by atoms with Crippen LogP contribution in [0.3, 0.4) is 0 Å². The lowest BCUT2D eigenvalue weighted by Gasteiger charge is -2.36. The summed E-state index contributed by atoms with van der Waals surface area (Å²) in [6.45, 7) is 11.4. The van der Waals surface area contributed by atoms with Crippen molar-refractivity contribution in [2.75, 3.05) is 12.0 Å². The highest BCUT2D eigenvalue weighted by atomic mass is 32.2. The number of hydrogen-bond donors (Lipinski definition) is 1. The molecule has 0 spiro atoms. The van der Waals surface area contributed by atoms with E-state index in [1.807, 2.05) is 20.1 Å². The number of benzene rings is 1. The Morgan fingerprint density at radius 3 is 2.11 bits per heavy atom. The first-order chi connectivity index (χ1) is 16.3. The van der Waals surface area contributed by atoms with Crippen LogP contribution in [-0.2, 0) is 0 Å². The molecule has 2 rings (SSSR count). The summed E-state index contributed by atoms with van der Waals surface area (Å²) < 4.78 is 93.4. The summed E-state index contributed by atoms with van der Waals surface area (Å²) in [6.07, 6.45) is -10.2. The van der Waals surface area contributed by atoms with Crippen LogP contribution in [0.2, 0.25) is 0 Å². The highest BCUT2D eigenvalue weighted by Gasteiger charge is 2.73. The number of alkyl halides is 7. The predicted molar refractivity (Wildman–Crippen MR) is 128 cm³/mol. The van der Waals surface area contributed by atoms with Crippen LogP contribution in [0.15, 0.2) is 53.8 Å². The molecule has 0 fully saturated rings. The van der Waals surface area contributed by atoms with E-state index in [-0.39, 0.29) is 5.70 Å². The quantitative estimate of drug-likeness (QED) is 0.276. The fourth-order valence-electron chi connectivity index (χ4n) is 4.06. The van der Waals surface area contributed by atoms with Crippen molar-refractivity contribution in [1.82, 2.24) is 10.2 Å². The molecule has 1 aromatic rings. The van der Waals surface area contributed by atoms with E-state index in [0.717, 1.165) is 6.08 Å². The van der Waals surface area contributed by atoms with Gasteiger partial charge < -0.3 is 0 Å². The number of amides is 1. The Kier molecular flexibility index (Phi) is 8.52. The van der Waals surface area contributed by atoms with Crippen LogP contribution >= 0.6 is 11.8 Å². The fraction of sp³-hybridized carbons (Fsp3) is 0.480. The fourth-order valence-corrected chi connectivity index (χ4v) is 4.86. The van der Waals surface area contributed by atoms with Crippen molar-refractivity contribution in [3.05, 3.63) is 70.5 Å². The molecule has 0 aliphatic carbocycles. The van der Waals surface area contributed by atoms with Gasteiger partial charge in [0, 0.05) is 33.7 Å². The minimum Gasteiger partial charge on any atom is -0.288 e. The number of aryl methyl sites for hydroxylation is 1. The third-order valence-electron chi connectivity index (χ3n) is 5.76. The molecule has 200 valence electrons. The maximum atomic E-state index is 14.4. The van der Waals surface area contributed by atoms with E-state index >= 15 is 0 Å². The lowest BCUT2D eigenvalue weighted by atomic mass is 9.94. The number of fused-ring (bicyclic) bond motifs is 1. The largest absolute Gasteiger partial charge is 0.435 e. The standard InChI is InChI=1S/C25H29F7N2OS/c1-14(2)18(12-11-16(4)23(26,24(27,28)29)25(30,31)32)34-20(33-22(5,6)13-36-7)17-10-8-9-15(3)19(17)21(34)35/h8-12,20,33H,4,13H2,1-3,5-7H3/b12-11-. The number of thioether (sulfide) groups is 1. The Morgan fingerprint density at radius 1 is 1.08 bits per heavy atom. The van der Waals surface area contributed by atoms with Gasteiger partial charge in [-0.25, -0.2) is 4.39 Å². The molecule has 36 heavy (non-hydrogen) atoms. The summed E-state index contributed by atoms with van der Waals surface area (Å²) in [7, 11) is 0. The van der Waals surface area contributed by atoms with E-state index in [0.29, 0.717) is 34.1 Å². The Bertz CT molecular complexity index is 1070. The first-order valence-electron chi connectivity index (χ1n) is 10.9. The second-order valence-corrected chi connectivity index (χ2v) is 10.3. The van der Waals surface area contributed by atoms with Crippen LogP contribution in [0.4, 0.5) is 30.7 Å². The van der Waals surface area contributed by atoms with Crippen LogP contribution in [0.5, 0.6) is 0 Å². The molecule has 1 atom stereocenters. The second kappa shape index (κ2) is 10.2. The zero-order valence-electron chi connectivity index (χ0n) is 20.8. The lowest BCUT2D eigenvalue weighted by Crippen LogP contribution is -2.54. The Labute approximate surface area is 210 Å². The average Bonchev–Trinajstić information content (AvgIpc) is 2.97. The second-order valence-electron chi connectivity index (χ2n) is 9.48. The summed E-state index contributed by atoms with van der Waals surface area (Å²) in [5, 5.41) is 3.38. The Balaban J connectivity index is 2.62. The molecule has 1 heterocycles. The predicted octanol–water partition coefficient (Wildman–Crippen LogP) is 7.42. The normalized spacial score (nSPS) is 17.1. The van der Waals surface area contributed by atoms with Gasteiger partial charge in [0.15, 0.2) is 0 Å². The summed E-state index contributed by atoms with van der Waals surface area (Å²) in [6, 6.07) is 5.22. The van der Waals surface area contributed by atoms with Crippen molar-refractivity contribution in [3.63, 3.8) is 0 Å². The molecule has 1 unspecified atom stereocenters. The van der Waals surface area contributed by atoms with Gasteiger partial charge in [-0.2, -0.15) is 38.1 Å². The highest BCUT2D eigenvalue weighted by molar-refractivity contribution is 7.98. The molecular formula is C25H29F7N2OS. The molecule has 0 radical (unpaired) electrons. The maximum Gasteiger partial charge on any atom is 0.435 e. The van der Waals surface area contributed by atoms with Crippen molar-refractivity contribution >= 4 is 17.7 Å². The molecule has 1 N–H and O–H groups in total. The van der Waals surface area contributed by atoms with Crippen molar-refractivity contribution in [1.29, 1.82) is 0 Å². The lowest BCUT2D eigenvalue weighted by molar-refractivity contribution is -0.325. The molecular weight excluding hydrogens is 509 g/mol. The molecule has 0 saturated heterocycles. The Hall–Kier alpha value is -2.27. The van der Waals surface area contributed by atoms with E-state index in [9.17, 15) is 35.5 Å². The zero-order chi connectivity index (χ0) is 27.9. The molecule has 1 aromatic carbocycles. The molecule has 0 bridgehead atoms. The first-order valence-corrected chi connectivity index (χ1v) is 12.3. The monoisotopic (exact) mass is 538 g/mol. The third kappa shape index (κ3) is 5.51. The minimum atomic E-state index is -6.28. The van der Waals surface area contributed by atoms with Crippen molar-refractivity contribution in [2.24, 2.45) is 0 Å². The van der Waals surface area contributed by atoms with E-state index < -0.39 is 41.2 Å². The van der Waals surface area contributed by atoms with Gasteiger partial charge in [-0.3, -0.25) is 15.0 Å².